The molecule has 1 unspecified atom stereocenters. The fourth-order valence-corrected chi connectivity index (χ4v) is 3.38. The lowest BCUT2D eigenvalue weighted by molar-refractivity contribution is 0.0758. The van der Waals surface area contributed by atoms with Gasteiger partial charge in [0.15, 0.2) is 11.5 Å². The summed E-state index contributed by atoms with van der Waals surface area (Å²) in [6.07, 6.45) is 3.31. The van der Waals surface area contributed by atoms with Gasteiger partial charge in [0, 0.05) is 18.7 Å². The van der Waals surface area contributed by atoms with E-state index in [1.807, 2.05) is 4.90 Å². The van der Waals surface area contributed by atoms with E-state index in [2.05, 4.69) is 13.8 Å². The molecule has 1 amide bonds. The predicted octanol–water partition coefficient (Wildman–Crippen LogP) is 3.61. The molecule has 1 aromatic rings. The van der Waals surface area contributed by atoms with Crippen molar-refractivity contribution >= 4 is 5.91 Å². The quantitative estimate of drug-likeness (QED) is 0.825. The van der Waals surface area contributed by atoms with Gasteiger partial charge in [0.25, 0.3) is 5.91 Å². The topological polar surface area (TPSA) is 48.0 Å². The van der Waals surface area contributed by atoms with Crippen molar-refractivity contribution in [1.82, 2.24) is 4.90 Å². The average Bonchev–Trinajstić information content (AvgIpc) is 2.85. The summed E-state index contributed by atoms with van der Waals surface area (Å²) in [6, 6.07) is 3.46. The van der Waals surface area contributed by atoms with Gasteiger partial charge in [-0.05, 0) is 43.2 Å². The first kappa shape index (κ1) is 18.4. The van der Waals surface area contributed by atoms with Gasteiger partial charge in [0.1, 0.15) is 0 Å². The Morgan fingerprint density at radius 1 is 1.04 bits per heavy atom. The van der Waals surface area contributed by atoms with Crippen LogP contribution in [0.1, 0.15) is 43.5 Å². The lowest BCUT2D eigenvalue weighted by Crippen LogP contribution is -2.32. The maximum Gasteiger partial charge on any atom is 0.254 e. The van der Waals surface area contributed by atoms with Crippen LogP contribution in [0.4, 0.5) is 0 Å². The molecule has 1 fully saturated rings. The van der Waals surface area contributed by atoms with Crippen molar-refractivity contribution in [2.75, 3.05) is 34.4 Å². The van der Waals surface area contributed by atoms with E-state index >= 15 is 0 Å². The van der Waals surface area contributed by atoms with Gasteiger partial charge in [-0.15, -0.1) is 0 Å². The van der Waals surface area contributed by atoms with Crippen LogP contribution in [0.25, 0.3) is 0 Å². The zero-order valence-corrected chi connectivity index (χ0v) is 15.4. The van der Waals surface area contributed by atoms with Crippen LogP contribution in [0.15, 0.2) is 12.1 Å². The minimum absolute atomic E-state index is 0.0265. The van der Waals surface area contributed by atoms with Gasteiger partial charge in [-0.25, -0.2) is 0 Å². The second-order valence-electron chi connectivity index (χ2n) is 6.64. The molecule has 0 aromatic heterocycles. The Morgan fingerprint density at radius 2 is 1.67 bits per heavy atom. The number of carbonyl (C=O) groups is 1. The van der Waals surface area contributed by atoms with E-state index in [9.17, 15) is 4.79 Å². The Morgan fingerprint density at radius 3 is 2.17 bits per heavy atom. The van der Waals surface area contributed by atoms with Gasteiger partial charge in [0.2, 0.25) is 5.75 Å². The maximum atomic E-state index is 12.9. The van der Waals surface area contributed by atoms with Crippen molar-refractivity contribution in [2.24, 2.45) is 11.8 Å². The number of nitrogens with zero attached hydrogens (tertiary/aromatic N) is 1. The number of ether oxygens (including phenoxy) is 3. The molecule has 0 N–H and O–H groups in total. The third kappa shape index (κ3) is 3.94. The average molecular weight is 335 g/mol. The molecule has 1 aliphatic heterocycles. The number of hydrogen-bond acceptors (Lipinski definition) is 4. The number of benzene rings is 1. The summed E-state index contributed by atoms with van der Waals surface area (Å²) in [5.41, 5.74) is 0.576. The Labute approximate surface area is 144 Å². The van der Waals surface area contributed by atoms with E-state index in [1.165, 1.54) is 6.42 Å². The second-order valence-corrected chi connectivity index (χ2v) is 6.64. The van der Waals surface area contributed by atoms with Crippen LogP contribution in [0.2, 0.25) is 0 Å². The predicted molar refractivity (Wildman–Crippen MR) is 94.2 cm³/mol. The molecule has 0 bridgehead atoms. The van der Waals surface area contributed by atoms with Crippen LogP contribution in [0.5, 0.6) is 17.2 Å². The first-order valence-corrected chi connectivity index (χ1v) is 8.61. The second kappa shape index (κ2) is 8.27. The monoisotopic (exact) mass is 335 g/mol. The van der Waals surface area contributed by atoms with Crippen molar-refractivity contribution in [2.45, 2.75) is 33.1 Å². The van der Waals surface area contributed by atoms with E-state index in [4.69, 9.17) is 14.2 Å². The number of rotatable bonds is 5. The molecule has 1 heterocycles. The number of likely N-dealkylation sites (tertiary alicyclic amines) is 1. The minimum Gasteiger partial charge on any atom is -0.493 e. The summed E-state index contributed by atoms with van der Waals surface area (Å²) in [4.78, 5) is 14.9. The van der Waals surface area contributed by atoms with Gasteiger partial charge in [-0.1, -0.05) is 13.8 Å². The molecule has 2 rings (SSSR count). The number of hydrogen-bond donors (Lipinski definition) is 0. The maximum absolute atomic E-state index is 12.9. The van der Waals surface area contributed by atoms with Crippen molar-refractivity contribution in [3.63, 3.8) is 0 Å². The van der Waals surface area contributed by atoms with E-state index < -0.39 is 0 Å². The SMILES string of the molecule is COc1cc(C(=O)N2CCCC(C(C)C)CC2)cc(OC)c1OC. The van der Waals surface area contributed by atoms with Crippen LogP contribution in [0.3, 0.4) is 0 Å². The first-order valence-electron chi connectivity index (χ1n) is 8.61. The van der Waals surface area contributed by atoms with Crippen LogP contribution in [-0.4, -0.2) is 45.2 Å². The molecule has 0 spiro atoms. The molecule has 0 aliphatic carbocycles. The molecule has 134 valence electrons. The summed E-state index contributed by atoms with van der Waals surface area (Å²) in [5, 5.41) is 0. The lowest BCUT2D eigenvalue weighted by Gasteiger charge is -2.22. The fraction of sp³-hybridized carbons (Fsp3) is 0.632. The summed E-state index contributed by atoms with van der Waals surface area (Å²) >= 11 is 0. The highest BCUT2D eigenvalue weighted by atomic mass is 16.5. The Bertz CT molecular complexity index is 545. The van der Waals surface area contributed by atoms with E-state index in [-0.39, 0.29) is 5.91 Å². The van der Waals surface area contributed by atoms with Crippen LogP contribution in [-0.2, 0) is 0 Å². The van der Waals surface area contributed by atoms with Crippen molar-refractivity contribution in [3.8, 4) is 17.2 Å². The third-order valence-electron chi connectivity index (χ3n) is 4.91. The summed E-state index contributed by atoms with van der Waals surface area (Å²) in [5.74, 6) is 2.92. The van der Waals surface area contributed by atoms with Crippen molar-refractivity contribution < 1.29 is 19.0 Å². The van der Waals surface area contributed by atoms with Gasteiger partial charge >= 0.3 is 0 Å². The molecule has 1 saturated heterocycles. The van der Waals surface area contributed by atoms with Crippen LogP contribution >= 0.6 is 0 Å². The minimum atomic E-state index is 0.0265. The largest absolute Gasteiger partial charge is 0.493 e. The Balaban J connectivity index is 2.23. The van der Waals surface area contributed by atoms with Crippen LogP contribution in [0, 0.1) is 11.8 Å². The molecule has 5 nitrogen and oxygen atoms in total. The Hall–Kier alpha value is -1.91. The first-order chi connectivity index (χ1) is 11.5. The number of amides is 1. The van der Waals surface area contributed by atoms with E-state index in [0.717, 1.165) is 25.9 Å². The number of carbonyl (C=O) groups excluding carboxylic acids is 1. The molecule has 1 aromatic carbocycles. The van der Waals surface area contributed by atoms with E-state index in [1.54, 1.807) is 33.5 Å². The molecule has 1 atom stereocenters. The number of methoxy groups -OCH3 is 3. The highest BCUT2D eigenvalue weighted by Gasteiger charge is 2.25. The fourth-order valence-electron chi connectivity index (χ4n) is 3.38. The third-order valence-corrected chi connectivity index (χ3v) is 4.91. The summed E-state index contributed by atoms with van der Waals surface area (Å²) < 4.78 is 16.0. The highest BCUT2D eigenvalue weighted by Crippen LogP contribution is 2.38. The molecular weight excluding hydrogens is 306 g/mol. The molecule has 5 heteroatoms. The smallest absolute Gasteiger partial charge is 0.254 e. The molecule has 0 saturated carbocycles. The Kier molecular flexibility index (Phi) is 6.35. The van der Waals surface area contributed by atoms with Gasteiger partial charge < -0.3 is 19.1 Å². The molecule has 0 radical (unpaired) electrons. The van der Waals surface area contributed by atoms with Gasteiger partial charge in [0.05, 0.1) is 21.3 Å². The highest BCUT2D eigenvalue weighted by molar-refractivity contribution is 5.95. The van der Waals surface area contributed by atoms with Crippen LogP contribution < -0.4 is 14.2 Å². The van der Waals surface area contributed by atoms with Crippen molar-refractivity contribution in [1.29, 1.82) is 0 Å². The summed E-state index contributed by atoms with van der Waals surface area (Å²) in [6.45, 7) is 6.14. The zero-order chi connectivity index (χ0) is 17.7. The molecular formula is C19H29NO4. The lowest BCUT2D eigenvalue weighted by atomic mass is 9.89. The van der Waals surface area contributed by atoms with Crippen molar-refractivity contribution in [3.05, 3.63) is 17.7 Å². The normalized spacial score (nSPS) is 18.2. The van der Waals surface area contributed by atoms with Gasteiger partial charge in [-0.3, -0.25) is 4.79 Å². The molecule has 1 aliphatic rings. The summed E-state index contributed by atoms with van der Waals surface area (Å²) in [7, 11) is 4.68. The zero-order valence-electron chi connectivity index (χ0n) is 15.4. The standard InChI is InChI=1S/C19H29NO4/c1-13(2)14-7-6-9-20(10-8-14)19(21)15-11-16(22-3)18(24-5)17(12-15)23-4/h11-14H,6-10H2,1-5H3. The molecule has 24 heavy (non-hydrogen) atoms. The van der Waals surface area contributed by atoms with E-state index in [0.29, 0.717) is 34.6 Å². The van der Waals surface area contributed by atoms with Gasteiger partial charge in [-0.2, -0.15) is 0 Å².